The van der Waals surface area contributed by atoms with Crippen LogP contribution in [0, 0.1) is 0 Å². The van der Waals surface area contributed by atoms with Crippen molar-refractivity contribution >= 4 is 5.91 Å². The fourth-order valence-corrected chi connectivity index (χ4v) is 1.14. The maximum Gasteiger partial charge on any atom is 0.401 e. The monoisotopic (exact) mass is 212 g/mol. The van der Waals surface area contributed by atoms with Crippen molar-refractivity contribution < 1.29 is 18.0 Å². The molecule has 0 aromatic rings. The average molecular weight is 212 g/mol. The Morgan fingerprint density at radius 2 is 1.79 bits per heavy atom. The molecule has 84 valence electrons. The SMILES string of the molecule is CC(C)N(CC(F)(F)F)C(C)C(N)=O. The number of carbonyl (C=O) groups excluding carboxylic acids is 1. The molecule has 1 atom stereocenters. The summed E-state index contributed by atoms with van der Waals surface area (Å²) in [6, 6.07) is -1.28. The van der Waals surface area contributed by atoms with Crippen molar-refractivity contribution in [3.8, 4) is 0 Å². The van der Waals surface area contributed by atoms with Gasteiger partial charge in [-0.3, -0.25) is 9.69 Å². The summed E-state index contributed by atoms with van der Waals surface area (Å²) in [6.45, 7) is 3.43. The predicted octanol–water partition coefficient (Wildman–Crippen LogP) is 1.13. The first kappa shape index (κ1) is 13.2. The minimum absolute atomic E-state index is 0.376. The quantitative estimate of drug-likeness (QED) is 0.759. The number of hydrogen-bond donors (Lipinski definition) is 1. The number of carbonyl (C=O) groups is 1. The van der Waals surface area contributed by atoms with Crippen LogP contribution in [0.2, 0.25) is 0 Å². The molecule has 0 aliphatic rings. The molecule has 0 rings (SSSR count). The van der Waals surface area contributed by atoms with Crippen LogP contribution in [-0.2, 0) is 4.79 Å². The van der Waals surface area contributed by atoms with Crippen LogP contribution in [0.4, 0.5) is 13.2 Å². The molecule has 0 bridgehead atoms. The van der Waals surface area contributed by atoms with Crippen LogP contribution in [0.1, 0.15) is 20.8 Å². The standard InChI is InChI=1S/C8H15F3N2O/c1-5(2)13(4-8(9,10)11)6(3)7(12)14/h5-6H,4H2,1-3H3,(H2,12,14). The molecule has 0 saturated heterocycles. The highest BCUT2D eigenvalue weighted by Gasteiger charge is 2.35. The Kier molecular flexibility index (Phi) is 4.38. The first-order chi connectivity index (χ1) is 6.15. The topological polar surface area (TPSA) is 46.3 Å². The fourth-order valence-electron chi connectivity index (χ4n) is 1.14. The van der Waals surface area contributed by atoms with Gasteiger partial charge in [-0.1, -0.05) is 0 Å². The highest BCUT2D eigenvalue weighted by atomic mass is 19.4. The first-order valence-electron chi connectivity index (χ1n) is 4.27. The van der Waals surface area contributed by atoms with Gasteiger partial charge in [0, 0.05) is 6.04 Å². The number of nitrogens with zero attached hydrogens (tertiary/aromatic N) is 1. The lowest BCUT2D eigenvalue weighted by molar-refractivity contribution is -0.157. The zero-order chi connectivity index (χ0) is 11.5. The van der Waals surface area contributed by atoms with Crippen molar-refractivity contribution in [2.24, 2.45) is 5.73 Å². The summed E-state index contributed by atoms with van der Waals surface area (Å²) < 4.78 is 36.3. The van der Waals surface area contributed by atoms with E-state index in [0.717, 1.165) is 4.90 Å². The van der Waals surface area contributed by atoms with E-state index in [4.69, 9.17) is 5.73 Å². The number of halogens is 3. The molecule has 2 N–H and O–H groups in total. The summed E-state index contributed by atoms with van der Waals surface area (Å²) in [7, 11) is 0. The van der Waals surface area contributed by atoms with Crippen LogP contribution in [0.5, 0.6) is 0 Å². The van der Waals surface area contributed by atoms with Crippen molar-refractivity contribution in [1.82, 2.24) is 4.90 Å². The highest BCUT2D eigenvalue weighted by molar-refractivity contribution is 5.79. The van der Waals surface area contributed by atoms with Gasteiger partial charge in [0.15, 0.2) is 0 Å². The van der Waals surface area contributed by atoms with Crippen LogP contribution in [-0.4, -0.2) is 35.6 Å². The lowest BCUT2D eigenvalue weighted by Crippen LogP contribution is -2.50. The van der Waals surface area contributed by atoms with Crippen molar-refractivity contribution in [3.05, 3.63) is 0 Å². The minimum Gasteiger partial charge on any atom is -0.368 e. The van der Waals surface area contributed by atoms with Gasteiger partial charge in [0.05, 0.1) is 12.6 Å². The molecular formula is C8H15F3N2O. The number of amides is 1. The zero-order valence-corrected chi connectivity index (χ0v) is 8.43. The van der Waals surface area contributed by atoms with Crippen molar-refractivity contribution in [2.75, 3.05) is 6.54 Å². The third-order valence-corrected chi connectivity index (χ3v) is 1.93. The summed E-state index contributed by atoms with van der Waals surface area (Å²) in [6.07, 6.45) is -4.31. The maximum atomic E-state index is 12.1. The molecule has 0 aromatic heterocycles. The Labute approximate surface area is 81.1 Å². The van der Waals surface area contributed by atoms with E-state index in [9.17, 15) is 18.0 Å². The second-order valence-corrected chi connectivity index (χ2v) is 3.46. The van der Waals surface area contributed by atoms with E-state index in [1.807, 2.05) is 0 Å². The second kappa shape index (κ2) is 4.63. The predicted molar refractivity (Wildman–Crippen MR) is 46.6 cm³/mol. The van der Waals surface area contributed by atoms with Gasteiger partial charge >= 0.3 is 6.18 Å². The molecule has 3 nitrogen and oxygen atoms in total. The molecule has 0 fully saturated rings. The van der Waals surface area contributed by atoms with Crippen LogP contribution in [0.3, 0.4) is 0 Å². The number of primary amides is 1. The second-order valence-electron chi connectivity index (χ2n) is 3.46. The summed E-state index contributed by atoms with van der Waals surface area (Å²) >= 11 is 0. The molecule has 0 aromatic carbocycles. The van der Waals surface area contributed by atoms with Crippen molar-refractivity contribution in [3.63, 3.8) is 0 Å². The molecule has 0 heterocycles. The van der Waals surface area contributed by atoms with Gasteiger partial charge in [-0.2, -0.15) is 13.2 Å². The molecular weight excluding hydrogens is 197 g/mol. The van der Waals surface area contributed by atoms with Gasteiger partial charge in [-0.15, -0.1) is 0 Å². The lowest BCUT2D eigenvalue weighted by Gasteiger charge is -2.31. The summed E-state index contributed by atoms with van der Waals surface area (Å²) in [5, 5.41) is 0. The number of alkyl halides is 3. The Hall–Kier alpha value is -0.780. The smallest absolute Gasteiger partial charge is 0.368 e. The van der Waals surface area contributed by atoms with E-state index in [-0.39, 0.29) is 6.04 Å². The van der Waals surface area contributed by atoms with Gasteiger partial charge in [0.1, 0.15) is 0 Å². The largest absolute Gasteiger partial charge is 0.401 e. The summed E-state index contributed by atoms with van der Waals surface area (Å²) in [4.78, 5) is 11.8. The Balaban J connectivity index is 4.53. The van der Waals surface area contributed by atoms with E-state index in [1.54, 1.807) is 13.8 Å². The number of nitrogens with two attached hydrogens (primary N) is 1. The van der Waals surface area contributed by atoms with Gasteiger partial charge in [0.25, 0.3) is 0 Å². The molecule has 1 unspecified atom stereocenters. The fraction of sp³-hybridized carbons (Fsp3) is 0.875. The Morgan fingerprint density at radius 3 is 2.00 bits per heavy atom. The van der Waals surface area contributed by atoms with E-state index in [1.165, 1.54) is 6.92 Å². The van der Waals surface area contributed by atoms with Crippen LogP contribution in [0.25, 0.3) is 0 Å². The van der Waals surface area contributed by atoms with Crippen LogP contribution in [0.15, 0.2) is 0 Å². The molecule has 0 spiro atoms. The van der Waals surface area contributed by atoms with Crippen molar-refractivity contribution in [2.45, 2.75) is 39.0 Å². The number of rotatable bonds is 4. The van der Waals surface area contributed by atoms with E-state index in [2.05, 4.69) is 0 Å². The zero-order valence-electron chi connectivity index (χ0n) is 8.43. The van der Waals surface area contributed by atoms with Crippen LogP contribution >= 0.6 is 0 Å². The molecule has 0 aliphatic carbocycles. The highest BCUT2D eigenvalue weighted by Crippen LogP contribution is 2.19. The van der Waals surface area contributed by atoms with Gasteiger partial charge in [0.2, 0.25) is 5.91 Å². The Morgan fingerprint density at radius 1 is 1.36 bits per heavy atom. The molecule has 0 saturated carbocycles. The lowest BCUT2D eigenvalue weighted by atomic mass is 10.2. The van der Waals surface area contributed by atoms with E-state index in [0.29, 0.717) is 0 Å². The summed E-state index contributed by atoms with van der Waals surface area (Å²) in [5.41, 5.74) is 4.95. The third kappa shape index (κ3) is 4.45. The average Bonchev–Trinajstić information content (AvgIpc) is 1.96. The van der Waals surface area contributed by atoms with Gasteiger partial charge in [-0.05, 0) is 20.8 Å². The van der Waals surface area contributed by atoms with Crippen LogP contribution < -0.4 is 5.73 Å². The minimum atomic E-state index is -4.31. The number of hydrogen-bond acceptors (Lipinski definition) is 2. The van der Waals surface area contributed by atoms with Gasteiger partial charge < -0.3 is 5.73 Å². The van der Waals surface area contributed by atoms with Gasteiger partial charge in [-0.25, -0.2) is 0 Å². The Bertz CT molecular complexity index is 203. The van der Waals surface area contributed by atoms with E-state index >= 15 is 0 Å². The maximum absolute atomic E-state index is 12.1. The molecule has 0 aliphatic heterocycles. The third-order valence-electron chi connectivity index (χ3n) is 1.93. The van der Waals surface area contributed by atoms with Crippen molar-refractivity contribution in [1.29, 1.82) is 0 Å². The molecule has 14 heavy (non-hydrogen) atoms. The van der Waals surface area contributed by atoms with E-state index < -0.39 is 24.7 Å². The summed E-state index contributed by atoms with van der Waals surface area (Å²) in [5.74, 6) is -0.747. The molecule has 1 amide bonds. The normalized spacial score (nSPS) is 14.9. The molecule has 6 heteroatoms. The molecule has 0 radical (unpaired) electrons. The first-order valence-corrected chi connectivity index (χ1v) is 4.27.